The number of para-hydroxylation sites is 2. The topological polar surface area (TPSA) is 12.5 Å². The van der Waals surface area contributed by atoms with E-state index < -0.39 is 10.8 Å². The molecule has 2 nitrogen and oxygen atoms in total. The zero-order valence-corrected chi connectivity index (χ0v) is 39.9. The van der Waals surface area contributed by atoms with E-state index in [-0.39, 0.29) is 0 Å². The number of nitrogens with zero attached hydrogens (tertiary/aromatic N) is 1. The number of anilines is 3. The fourth-order valence-electron chi connectivity index (χ4n) is 12.7. The van der Waals surface area contributed by atoms with Crippen molar-refractivity contribution in [3.63, 3.8) is 0 Å². The van der Waals surface area contributed by atoms with E-state index >= 15 is 0 Å². The number of hydrogen-bond donors (Lipinski definition) is 0. The molecule has 328 valence electrons. The van der Waals surface area contributed by atoms with Crippen LogP contribution in [0.4, 0.5) is 17.1 Å². The molecular weight excluding hydrogens is 886 g/mol. The van der Waals surface area contributed by atoms with Gasteiger partial charge in [-0.2, -0.15) is 0 Å². The van der Waals surface area contributed by atoms with Crippen molar-refractivity contribution >= 4 is 73.9 Å². The molecule has 2 heterocycles. The first-order chi connectivity index (χ1) is 34.6. The molecule has 1 aliphatic heterocycles. The SMILES string of the molecule is Pc1ccc2c(c1)sc1ccc(N(c3ccc(C4(c5ccccc5)c5ccccc5-c5c4ccc4ccccc54)cc3)c3ccc4c(c3)C3(c5ccccc5Oc5ccccc53)c3ccccc3-4)cc12. The van der Waals surface area contributed by atoms with E-state index in [2.05, 4.69) is 257 Å². The van der Waals surface area contributed by atoms with Gasteiger partial charge in [0.1, 0.15) is 11.5 Å². The van der Waals surface area contributed by atoms with Crippen LogP contribution in [0.5, 0.6) is 11.5 Å². The molecule has 0 amide bonds. The average Bonchev–Trinajstić information content (AvgIpc) is 4.04. The third-order valence-electron chi connectivity index (χ3n) is 15.5. The number of benzene rings is 11. The van der Waals surface area contributed by atoms with Gasteiger partial charge in [-0.25, -0.2) is 0 Å². The number of ether oxygens (including phenoxy) is 1. The Labute approximate surface area is 412 Å². The molecule has 0 bridgehead atoms. The van der Waals surface area contributed by atoms with Crippen LogP contribution in [0.25, 0.3) is 53.2 Å². The Morgan fingerprint density at radius 1 is 0.357 bits per heavy atom. The van der Waals surface area contributed by atoms with Crippen LogP contribution < -0.4 is 14.9 Å². The van der Waals surface area contributed by atoms with E-state index in [0.717, 1.165) is 39.7 Å². The summed E-state index contributed by atoms with van der Waals surface area (Å²) in [6.07, 6.45) is 0. The summed E-state index contributed by atoms with van der Waals surface area (Å²) in [7, 11) is 2.88. The fraction of sp³-hybridized carbons (Fsp3) is 0.0303. The van der Waals surface area contributed by atoms with Crippen LogP contribution in [0.2, 0.25) is 0 Å². The predicted octanol–water partition coefficient (Wildman–Crippen LogP) is 17.0. The van der Waals surface area contributed by atoms with Crippen LogP contribution in [-0.2, 0) is 10.8 Å². The molecule has 3 aliphatic rings. The van der Waals surface area contributed by atoms with Gasteiger partial charge >= 0.3 is 0 Å². The second-order valence-corrected chi connectivity index (χ2v) is 20.7. The van der Waals surface area contributed by atoms with Crippen LogP contribution in [0, 0.1) is 0 Å². The number of fused-ring (bicyclic) bond motifs is 17. The third-order valence-corrected chi connectivity index (χ3v) is 17.0. The maximum atomic E-state index is 6.73. The Balaban J connectivity index is 0.978. The second kappa shape index (κ2) is 15.0. The lowest BCUT2D eigenvalue weighted by molar-refractivity contribution is 0.436. The molecule has 11 aromatic carbocycles. The zero-order chi connectivity index (χ0) is 46.1. The van der Waals surface area contributed by atoms with E-state index in [4.69, 9.17) is 4.74 Å². The largest absolute Gasteiger partial charge is 0.457 e. The minimum atomic E-state index is -0.595. The molecule has 1 aromatic heterocycles. The van der Waals surface area contributed by atoms with Gasteiger partial charge in [-0.3, -0.25) is 0 Å². The monoisotopic (exact) mass is 927 g/mol. The maximum Gasteiger partial charge on any atom is 0.132 e. The van der Waals surface area contributed by atoms with Gasteiger partial charge in [-0.05, 0) is 132 Å². The lowest BCUT2D eigenvalue weighted by atomic mass is 9.66. The molecule has 0 N–H and O–H groups in total. The summed E-state index contributed by atoms with van der Waals surface area (Å²) < 4.78 is 9.30. The molecule has 0 saturated carbocycles. The Hall–Kier alpha value is -8.07. The van der Waals surface area contributed by atoms with Gasteiger partial charge in [0, 0.05) is 48.4 Å². The average molecular weight is 928 g/mol. The fourth-order valence-corrected chi connectivity index (χ4v) is 14.3. The zero-order valence-electron chi connectivity index (χ0n) is 37.9. The van der Waals surface area contributed by atoms with Crippen molar-refractivity contribution in [2.24, 2.45) is 0 Å². The molecule has 70 heavy (non-hydrogen) atoms. The number of thiophene rings is 1. The van der Waals surface area contributed by atoms with Gasteiger partial charge in [-0.15, -0.1) is 20.6 Å². The number of rotatable bonds is 5. The van der Waals surface area contributed by atoms with E-state index in [1.54, 1.807) is 0 Å². The Kier molecular flexibility index (Phi) is 8.52. The first kappa shape index (κ1) is 39.9. The van der Waals surface area contributed by atoms with Crippen molar-refractivity contribution < 1.29 is 4.74 Å². The Morgan fingerprint density at radius 2 is 0.957 bits per heavy atom. The molecule has 15 rings (SSSR count). The van der Waals surface area contributed by atoms with E-state index in [9.17, 15) is 0 Å². The first-order valence-electron chi connectivity index (χ1n) is 24.0. The molecule has 0 fully saturated rings. The summed E-state index contributed by atoms with van der Waals surface area (Å²) in [4.78, 5) is 2.48. The lowest BCUT2D eigenvalue weighted by Crippen LogP contribution is -2.32. The molecular formula is C66H42NOPS. The number of hydrogen-bond acceptors (Lipinski definition) is 3. The van der Waals surface area contributed by atoms with Crippen molar-refractivity contribution in [1.29, 1.82) is 0 Å². The molecule has 0 radical (unpaired) electrons. The van der Waals surface area contributed by atoms with Crippen LogP contribution in [-0.4, -0.2) is 0 Å². The smallest absolute Gasteiger partial charge is 0.132 e. The van der Waals surface area contributed by atoms with Crippen LogP contribution in [0.3, 0.4) is 0 Å². The highest BCUT2D eigenvalue weighted by molar-refractivity contribution is 7.28. The van der Waals surface area contributed by atoms with Crippen LogP contribution in [0.1, 0.15) is 44.5 Å². The summed E-state index contributed by atoms with van der Waals surface area (Å²) in [5.41, 5.74) is 17.2. The summed E-state index contributed by atoms with van der Waals surface area (Å²) in [5.74, 6) is 1.78. The molecule has 1 spiro atoms. The summed E-state index contributed by atoms with van der Waals surface area (Å²) in [6.45, 7) is 0. The minimum Gasteiger partial charge on any atom is -0.457 e. The lowest BCUT2D eigenvalue weighted by Gasteiger charge is -2.39. The van der Waals surface area contributed by atoms with Crippen molar-refractivity contribution in [2.75, 3.05) is 4.90 Å². The van der Waals surface area contributed by atoms with Crippen LogP contribution in [0.15, 0.2) is 243 Å². The molecule has 2 unspecified atom stereocenters. The van der Waals surface area contributed by atoms with Crippen molar-refractivity contribution in [1.82, 2.24) is 0 Å². The summed E-state index contributed by atoms with van der Waals surface area (Å²) in [6, 6.07) is 90.4. The van der Waals surface area contributed by atoms with Crippen molar-refractivity contribution in [3.05, 3.63) is 287 Å². The predicted molar refractivity (Wildman–Crippen MR) is 296 cm³/mol. The summed E-state index contributed by atoms with van der Waals surface area (Å²) in [5, 5.41) is 6.26. The second-order valence-electron chi connectivity index (χ2n) is 18.9. The highest BCUT2D eigenvalue weighted by Gasteiger charge is 2.51. The Bertz CT molecular complexity index is 4090. The maximum absolute atomic E-state index is 6.73. The molecule has 2 atom stereocenters. The van der Waals surface area contributed by atoms with Gasteiger partial charge < -0.3 is 9.64 Å². The quantitative estimate of drug-likeness (QED) is 0.160. The molecule has 12 aromatic rings. The highest BCUT2D eigenvalue weighted by Crippen LogP contribution is 2.63. The molecule has 4 heteroatoms. The van der Waals surface area contributed by atoms with E-state index in [0.29, 0.717) is 0 Å². The minimum absolute atomic E-state index is 0.541. The van der Waals surface area contributed by atoms with Crippen molar-refractivity contribution in [2.45, 2.75) is 10.8 Å². The van der Waals surface area contributed by atoms with Crippen LogP contribution >= 0.6 is 20.6 Å². The van der Waals surface area contributed by atoms with Gasteiger partial charge in [0.05, 0.1) is 10.8 Å². The molecule has 0 saturated heterocycles. The molecule has 2 aliphatic carbocycles. The van der Waals surface area contributed by atoms with Gasteiger partial charge in [0.15, 0.2) is 0 Å². The van der Waals surface area contributed by atoms with Crippen molar-refractivity contribution in [3.8, 4) is 33.8 Å². The highest BCUT2D eigenvalue weighted by atomic mass is 32.1. The van der Waals surface area contributed by atoms with Gasteiger partial charge in [-0.1, -0.05) is 182 Å². The summed E-state index contributed by atoms with van der Waals surface area (Å²) >= 11 is 1.86. The van der Waals surface area contributed by atoms with E-state index in [1.807, 2.05) is 11.3 Å². The standard InChI is InChI=1S/C66H42NOPS/c69-47-33-35-51-53-38-45(32-37-62(53)70-63(51)40-47)67(46-31-34-50-49-18-6-8-20-54(49)66(59(50)39-46)56-22-10-12-24-60(56)68-61-25-13-11-23-57(61)66)44-29-27-43(28-30-44)65(42-15-2-1-3-16-42)55-21-9-7-19-52(55)64-48-17-5-4-14-41(48)26-36-58(64)65/h1-40H,69H2. The van der Waals surface area contributed by atoms with Gasteiger partial charge in [0.2, 0.25) is 0 Å². The normalized spacial score (nSPS) is 15.5. The van der Waals surface area contributed by atoms with Gasteiger partial charge in [0.25, 0.3) is 0 Å². The third kappa shape index (κ3) is 5.37. The van der Waals surface area contributed by atoms with E-state index in [1.165, 1.54) is 91.9 Å². The first-order valence-corrected chi connectivity index (χ1v) is 25.4. The Morgan fingerprint density at radius 3 is 1.74 bits per heavy atom.